The van der Waals surface area contributed by atoms with Crippen molar-refractivity contribution in [3.8, 4) is 33.4 Å². The molecule has 0 bridgehead atoms. The normalized spacial score (nSPS) is 13.6. The number of allylic oxidation sites excluding steroid dienone is 1. The van der Waals surface area contributed by atoms with E-state index < -0.39 is 0 Å². The maximum absolute atomic E-state index is 7.06. The second-order valence-electron chi connectivity index (χ2n) is 15.7. The molecule has 0 fully saturated rings. The monoisotopic (exact) mass is 730 g/mol. The van der Waals surface area contributed by atoms with E-state index in [2.05, 4.69) is 196 Å². The minimum absolute atomic E-state index is 0.138. The van der Waals surface area contributed by atoms with E-state index >= 15 is 0 Å². The van der Waals surface area contributed by atoms with Gasteiger partial charge >= 0.3 is 0 Å². The molecule has 2 nitrogen and oxygen atoms in total. The molecule has 1 aliphatic carbocycles. The molecule has 57 heavy (non-hydrogen) atoms. The first-order valence-electron chi connectivity index (χ1n) is 19.8. The van der Waals surface area contributed by atoms with Gasteiger partial charge < -0.3 is 5.73 Å². The van der Waals surface area contributed by atoms with Gasteiger partial charge in [-0.2, -0.15) is 0 Å². The molecular weight excluding hydrogens is 689 g/mol. The van der Waals surface area contributed by atoms with Crippen LogP contribution in [-0.2, 0) is 12.0 Å². The second kappa shape index (κ2) is 13.9. The average molecular weight is 731 g/mol. The number of hydrogen-bond acceptors (Lipinski definition) is 2. The predicted molar refractivity (Wildman–Crippen MR) is 243 cm³/mol. The van der Waals surface area contributed by atoms with Gasteiger partial charge in [-0.1, -0.05) is 196 Å². The molecule has 0 saturated carbocycles. The first kappa shape index (κ1) is 34.5. The van der Waals surface area contributed by atoms with Crippen molar-refractivity contribution in [2.75, 3.05) is 0 Å². The van der Waals surface area contributed by atoms with Gasteiger partial charge in [-0.25, -0.2) is 0 Å². The van der Waals surface area contributed by atoms with E-state index in [4.69, 9.17) is 10.7 Å². The molecule has 0 heterocycles. The fourth-order valence-electron chi connectivity index (χ4n) is 9.17. The topological polar surface area (TPSA) is 38.4 Å². The third-order valence-electron chi connectivity index (χ3n) is 11.9. The molecule has 0 saturated heterocycles. The smallest absolute Gasteiger partial charge is 0.0671 e. The van der Waals surface area contributed by atoms with Gasteiger partial charge in [0.2, 0.25) is 0 Å². The summed E-state index contributed by atoms with van der Waals surface area (Å²) in [6.07, 6.45) is 2.05. The molecule has 0 aromatic heterocycles. The minimum atomic E-state index is -0.138. The summed E-state index contributed by atoms with van der Waals surface area (Å²) in [6, 6.07) is 67.6. The first-order chi connectivity index (χ1) is 27.9. The lowest BCUT2D eigenvalue weighted by atomic mass is 9.77. The maximum Gasteiger partial charge on any atom is 0.0671 e. The quantitative estimate of drug-likeness (QED) is 0.163. The van der Waals surface area contributed by atoms with Crippen LogP contribution in [0.3, 0.4) is 0 Å². The minimum Gasteiger partial charge on any atom is -0.398 e. The number of nitrogens with zero attached hydrogens (tertiary/aromatic N) is 1. The second-order valence-corrected chi connectivity index (χ2v) is 15.7. The van der Waals surface area contributed by atoms with Crippen LogP contribution in [0.15, 0.2) is 199 Å². The summed E-state index contributed by atoms with van der Waals surface area (Å²) in [5.74, 6) is 0. The number of fused-ring (bicyclic) bond motifs is 7. The lowest BCUT2D eigenvalue weighted by Crippen LogP contribution is -2.16. The highest BCUT2D eigenvalue weighted by Gasteiger charge is 2.38. The van der Waals surface area contributed by atoms with E-state index in [1.807, 2.05) is 12.1 Å². The average Bonchev–Trinajstić information content (AvgIpc) is 3.51. The lowest BCUT2D eigenvalue weighted by Gasteiger charge is -2.26. The fourth-order valence-corrected chi connectivity index (χ4v) is 9.17. The van der Waals surface area contributed by atoms with E-state index in [1.54, 1.807) is 0 Å². The third-order valence-corrected chi connectivity index (χ3v) is 11.9. The summed E-state index contributed by atoms with van der Waals surface area (Å²) >= 11 is 0. The van der Waals surface area contributed by atoms with E-state index in [0.29, 0.717) is 12.2 Å². The third kappa shape index (κ3) is 6.02. The predicted octanol–water partition coefficient (Wildman–Crippen LogP) is 13.8. The molecule has 0 atom stereocenters. The molecule has 0 amide bonds. The molecule has 10 rings (SSSR count). The van der Waals surface area contributed by atoms with Crippen molar-refractivity contribution in [2.45, 2.75) is 25.8 Å². The van der Waals surface area contributed by atoms with E-state index in [0.717, 1.165) is 33.2 Å². The number of nitrogens with two attached hydrogens (primary N) is 1. The highest BCUT2D eigenvalue weighted by molar-refractivity contribution is 6.15. The molecule has 9 aromatic carbocycles. The Morgan fingerprint density at radius 3 is 1.88 bits per heavy atom. The van der Waals surface area contributed by atoms with Crippen molar-refractivity contribution in [3.05, 3.63) is 222 Å². The van der Waals surface area contributed by atoms with Crippen LogP contribution in [0.2, 0.25) is 0 Å². The van der Waals surface area contributed by atoms with Crippen LogP contribution in [0.4, 0.5) is 0 Å². The zero-order valence-corrected chi connectivity index (χ0v) is 32.2. The van der Waals surface area contributed by atoms with Gasteiger partial charge in [-0.3, -0.25) is 4.99 Å². The van der Waals surface area contributed by atoms with Gasteiger partial charge in [0, 0.05) is 22.2 Å². The highest BCUT2D eigenvalue weighted by atomic mass is 14.7. The lowest BCUT2D eigenvalue weighted by molar-refractivity contribution is 0.668. The molecule has 2 N–H and O–H groups in total. The van der Waals surface area contributed by atoms with Crippen molar-refractivity contribution < 1.29 is 0 Å². The van der Waals surface area contributed by atoms with Crippen LogP contribution in [-0.4, -0.2) is 5.71 Å². The zero-order chi connectivity index (χ0) is 38.5. The number of benzene rings is 9. The van der Waals surface area contributed by atoms with Crippen LogP contribution in [0.1, 0.15) is 41.7 Å². The Morgan fingerprint density at radius 2 is 1.09 bits per heavy atom. The summed E-state index contributed by atoms with van der Waals surface area (Å²) in [5.41, 5.74) is 22.0. The number of aliphatic imine (C=N–C) groups is 1. The van der Waals surface area contributed by atoms with Gasteiger partial charge in [0.25, 0.3) is 0 Å². The molecule has 0 aliphatic heterocycles. The molecule has 9 aromatic rings. The summed E-state index contributed by atoms with van der Waals surface area (Å²) in [5, 5.41) is 7.28. The molecule has 0 spiro atoms. The Balaban J connectivity index is 1.01. The Bertz CT molecular complexity index is 3060. The zero-order valence-electron chi connectivity index (χ0n) is 32.2. The number of rotatable bonds is 7. The van der Waals surface area contributed by atoms with Crippen LogP contribution in [0.5, 0.6) is 0 Å². The van der Waals surface area contributed by atoms with E-state index in [1.165, 1.54) is 66.1 Å². The Hall–Kier alpha value is -7.03. The molecule has 0 radical (unpaired) electrons. The van der Waals surface area contributed by atoms with Gasteiger partial charge in [0.05, 0.1) is 12.3 Å². The Morgan fingerprint density at radius 1 is 0.491 bits per heavy atom. The van der Waals surface area contributed by atoms with E-state index in [-0.39, 0.29) is 5.41 Å². The largest absolute Gasteiger partial charge is 0.398 e. The molecule has 0 unspecified atom stereocenters. The Kier molecular flexibility index (Phi) is 8.42. The molecule has 1 aliphatic rings. The Labute approximate surface area is 334 Å². The van der Waals surface area contributed by atoms with Crippen molar-refractivity contribution in [2.24, 2.45) is 10.7 Å². The summed E-state index contributed by atoms with van der Waals surface area (Å²) < 4.78 is 0. The van der Waals surface area contributed by atoms with Crippen molar-refractivity contribution in [3.63, 3.8) is 0 Å². The van der Waals surface area contributed by atoms with Crippen LogP contribution in [0.25, 0.3) is 71.4 Å². The maximum atomic E-state index is 7.06. The SMILES string of the molecule is CC1(C)c2c(-c3ccc(-c4ccc(/C(N)=C/C(=NCc5ccccc5)c5ccc6ccccc6c5)c5ccccc45)cc3)cccc2-c2ccc3ccccc3c21. The summed E-state index contributed by atoms with van der Waals surface area (Å²) in [7, 11) is 0. The van der Waals surface area contributed by atoms with Gasteiger partial charge in [-0.15, -0.1) is 0 Å². The van der Waals surface area contributed by atoms with Crippen LogP contribution in [0, 0.1) is 0 Å². The fraction of sp³-hybridized carbons (Fsp3) is 0.0727. The van der Waals surface area contributed by atoms with Crippen molar-refractivity contribution in [1.29, 1.82) is 0 Å². The summed E-state index contributed by atoms with van der Waals surface area (Å²) in [4.78, 5) is 5.13. The molecule has 272 valence electrons. The van der Waals surface area contributed by atoms with Gasteiger partial charge in [-0.05, 0) is 94.5 Å². The molecular formula is C55H42N2. The highest BCUT2D eigenvalue weighted by Crippen LogP contribution is 2.54. The van der Waals surface area contributed by atoms with E-state index in [9.17, 15) is 0 Å². The summed E-state index contributed by atoms with van der Waals surface area (Å²) in [6.45, 7) is 5.33. The van der Waals surface area contributed by atoms with Crippen molar-refractivity contribution in [1.82, 2.24) is 0 Å². The number of hydrogen-bond donors (Lipinski definition) is 1. The molecule has 2 heteroatoms. The van der Waals surface area contributed by atoms with Crippen LogP contribution >= 0.6 is 0 Å². The standard InChI is InChI=1S/C55H42N2/c1-55(2)53-45(21-12-22-49(53)50-30-29-38-16-8-9-18-44(38)54(50)55)40-26-24-39(25-27-40)43-31-32-48(47-20-11-10-19-46(43)47)51(56)34-52(57-35-36-13-4-3-5-14-36)42-28-23-37-15-6-7-17-41(37)33-42/h3-34H,35,56H2,1-2H3/b51-34-,57-52?. The van der Waals surface area contributed by atoms with Gasteiger partial charge in [0.15, 0.2) is 0 Å². The van der Waals surface area contributed by atoms with Crippen molar-refractivity contribution >= 4 is 43.7 Å². The van der Waals surface area contributed by atoms with Crippen LogP contribution < -0.4 is 5.73 Å². The van der Waals surface area contributed by atoms with Gasteiger partial charge in [0.1, 0.15) is 0 Å². The first-order valence-corrected chi connectivity index (χ1v) is 19.8.